The smallest absolute Gasteiger partial charge is 0.107 e. The monoisotopic (exact) mass is 346 g/mol. The molecule has 21 heavy (non-hydrogen) atoms. The maximum atomic E-state index is 4.67. The van der Waals surface area contributed by atoms with Crippen molar-refractivity contribution >= 4 is 27.0 Å². The molecule has 5 heteroatoms. The Labute approximate surface area is 132 Å². The number of imidazole rings is 1. The number of nitrogens with zero attached hydrogens (tertiary/aromatic N) is 4. The highest BCUT2D eigenvalue weighted by Gasteiger charge is 2.16. The van der Waals surface area contributed by atoms with E-state index in [2.05, 4.69) is 74.2 Å². The van der Waals surface area contributed by atoms with Gasteiger partial charge in [-0.05, 0) is 48.3 Å². The average molecular weight is 347 g/mol. The molecular weight excluding hydrogens is 328 g/mol. The van der Waals surface area contributed by atoms with Crippen LogP contribution >= 0.6 is 15.9 Å². The van der Waals surface area contributed by atoms with Crippen LogP contribution in [0.4, 0.5) is 0 Å². The molecule has 0 fully saturated rings. The molecule has 2 aromatic heterocycles. The first-order valence-corrected chi connectivity index (χ1v) is 8.10. The summed E-state index contributed by atoms with van der Waals surface area (Å²) in [5.41, 5.74) is 4.54. The lowest BCUT2D eigenvalue weighted by molar-refractivity contribution is 0.594. The summed E-state index contributed by atoms with van der Waals surface area (Å²) >= 11 is 3.72. The number of aromatic nitrogens is 4. The summed E-state index contributed by atoms with van der Waals surface area (Å²) < 4.78 is 5.46. The molecule has 0 aliphatic carbocycles. The average Bonchev–Trinajstić information content (AvgIpc) is 2.98. The van der Waals surface area contributed by atoms with Crippen LogP contribution in [0.15, 0.2) is 28.7 Å². The van der Waals surface area contributed by atoms with Crippen LogP contribution < -0.4 is 0 Å². The quantitative estimate of drug-likeness (QED) is 0.717. The van der Waals surface area contributed by atoms with Gasteiger partial charge in [-0.1, -0.05) is 19.1 Å². The second-order valence-corrected chi connectivity index (χ2v) is 5.90. The van der Waals surface area contributed by atoms with E-state index in [0.29, 0.717) is 0 Å². The maximum absolute atomic E-state index is 4.67. The van der Waals surface area contributed by atoms with Crippen molar-refractivity contribution in [2.75, 3.05) is 0 Å². The number of benzene rings is 1. The Balaban J connectivity index is 2.10. The van der Waals surface area contributed by atoms with E-state index in [4.69, 9.17) is 0 Å². The highest BCUT2D eigenvalue weighted by atomic mass is 79.9. The zero-order valence-electron chi connectivity index (χ0n) is 12.6. The molecule has 0 bridgehead atoms. The van der Waals surface area contributed by atoms with E-state index < -0.39 is 0 Å². The third-order valence-corrected chi connectivity index (χ3v) is 4.76. The predicted octanol–water partition coefficient (Wildman–Crippen LogP) is 3.93. The van der Waals surface area contributed by atoms with Gasteiger partial charge in [0.05, 0.1) is 33.4 Å². The molecule has 0 radical (unpaired) electrons. The number of hydrogen-bond acceptors (Lipinski definition) is 2. The first-order valence-electron chi connectivity index (χ1n) is 7.31. The van der Waals surface area contributed by atoms with Crippen LogP contribution in [-0.4, -0.2) is 19.3 Å². The van der Waals surface area contributed by atoms with Crippen molar-refractivity contribution in [3.05, 3.63) is 46.0 Å². The third kappa shape index (κ3) is 2.39. The van der Waals surface area contributed by atoms with E-state index in [9.17, 15) is 0 Å². The fourth-order valence-corrected chi connectivity index (χ4v) is 3.40. The Morgan fingerprint density at radius 1 is 1.19 bits per heavy atom. The predicted molar refractivity (Wildman–Crippen MR) is 88.6 cm³/mol. The Bertz CT molecular complexity index is 785. The lowest BCUT2D eigenvalue weighted by Crippen LogP contribution is -2.09. The molecule has 0 aliphatic rings. The van der Waals surface area contributed by atoms with E-state index in [1.54, 1.807) is 0 Å². The van der Waals surface area contributed by atoms with E-state index in [-0.39, 0.29) is 0 Å². The normalized spacial score (nSPS) is 11.4. The summed E-state index contributed by atoms with van der Waals surface area (Å²) in [5, 5.41) is 4.67. The summed E-state index contributed by atoms with van der Waals surface area (Å²) in [6.07, 6.45) is 0.935. The van der Waals surface area contributed by atoms with Crippen LogP contribution in [0.5, 0.6) is 0 Å². The molecule has 0 saturated carbocycles. The molecule has 0 atom stereocenters. The minimum Gasteiger partial charge on any atom is -0.322 e. The van der Waals surface area contributed by atoms with Crippen molar-refractivity contribution in [3.8, 4) is 0 Å². The largest absolute Gasteiger partial charge is 0.322 e. The third-order valence-electron chi connectivity index (χ3n) is 3.85. The zero-order valence-corrected chi connectivity index (χ0v) is 14.2. The summed E-state index contributed by atoms with van der Waals surface area (Å²) in [4.78, 5) is 4.64. The molecule has 4 nitrogen and oxygen atoms in total. The number of aryl methyl sites for hydroxylation is 3. The van der Waals surface area contributed by atoms with E-state index in [0.717, 1.165) is 41.0 Å². The van der Waals surface area contributed by atoms with Gasteiger partial charge in [0.25, 0.3) is 0 Å². The van der Waals surface area contributed by atoms with Gasteiger partial charge in [0.2, 0.25) is 0 Å². The van der Waals surface area contributed by atoms with Gasteiger partial charge in [0, 0.05) is 6.54 Å². The van der Waals surface area contributed by atoms with Crippen LogP contribution in [-0.2, 0) is 19.5 Å². The number of hydrogen-bond donors (Lipinski definition) is 0. The molecule has 2 heterocycles. The van der Waals surface area contributed by atoms with Crippen LogP contribution in [0.2, 0.25) is 0 Å². The van der Waals surface area contributed by atoms with Crippen molar-refractivity contribution in [2.24, 2.45) is 0 Å². The Hall–Kier alpha value is -1.62. The molecule has 1 aromatic carbocycles. The number of fused-ring (bicyclic) bond motifs is 1. The van der Waals surface area contributed by atoms with Gasteiger partial charge >= 0.3 is 0 Å². The molecular formula is C16H19BrN4. The van der Waals surface area contributed by atoms with E-state index >= 15 is 0 Å². The summed E-state index contributed by atoms with van der Waals surface area (Å²) in [6, 6.07) is 8.27. The van der Waals surface area contributed by atoms with Crippen LogP contribution in [0.1, 0.15) is 31.1 Å². The lowest BCUT2D eigenvalue weighted by Gasteiger charge is -2.09. The Morgan fingerprint density at radius 2 is 1.95 bits per heavy atom. The number of para-hydroxylation sites is 2. The molecule has 0 saturated heterocycles. The van der Waals surface area contributed by atoms with Gasteiger partial charge in [-0.15, -0.1) is 0 Å². The SMILES string of the molecule is CCc1nn(CC)c(Cn2c(C)nc3ccccc32)c1Br. The van der Waals surface area contributed by atoms with Gasteiger partial charge in [0.15, 0.2) is 0 Å². The zero-order chi connectivity index (χ0) is 15.0. The highest BCUT2D eigenvalue weighted by molar-refractivity contribution is 9.10. The topological polar surface area (TPSA) is 35.6 Å². The molecule has 0 spiro atoms. The number of halogens is 1. The fourth-order valence-electron chi connectivity index (χ4n) is 2.71. The second-order valence-electron chi connectivity index (χ2n) is 5.11. The first kappa shape index (κ1) is 14.3. The van der Waals surface area contributed by atoms with Gasteiger partial charge in [-0.2, -0.15) is 5.10 Å². The molecule has 3 rings (SSSR count). The summed E-state index contributed by atoms with van der Waals surface area (Å²) in [5.74, 6) is 1.03. The van der Waals surface area contributed by atoms with Gasteiger partial charge in [-0.3, -0.25) is 4.68 Å². The summed E-state index contributed by atoms with van der Waals surface area (Å²) in [6.45, 7) is 7.98. The molecule has 110 valence electrons. The first-order chi connectivity index (χ1) is 10.2. The van der Waals surface area contributed by atoms with Gasteiger partial charge in [-0.25, -0.2) is 4.98 Å². The lowest BCUT2D eigenvalue weighted by atomic mass is 10.3. The van der Waals surface area contributed by atoms with Crippen molar-refractivity contribution in [1.29, 1.82) is 0 Å². The molecule has 0 amide bonds. The molecule has 0 unspecified atom stereocenters. The van der Waals surface area contributed by atoms with Crippen molar-refractivity contribution < 1.29 is 0 Å². The van der Waals surface area contributed by atoms with Crippen molar-refractivity contribution in [1.82, 2.24) is 19.3 Å². The van der Waals surface area contributed by atoms with Crippen LogP contribution in [0.25, 0.3) is 11.0 Å². The van der Waals surface area contributed by atoms with E-state index in [1.807, 2.05) is 6.07 Å². The Morgan fingerprint density at radius 3 is 2.67 bits per heavy atom. The maximum Gasteiger partial charge on any atom is 0.107 e. The van der Waals surface area contributed by atoms with Crippen LogP contribution in [0.3, 0.4) is 0 Å². The number of rotatable bonds is 4. The highest BCUT2D eigenvalue weighted by Crippen LogP contribution is 2.25. The minimum absolute atomic E-state index is 0.785. The summed E-state index contributed by atoms with van der Waals surface area (Å²) in [7, 11) is 0. The molecule has 3 aromatic rings. The Kier molecular flexibility index (Phi) is 3.85. The molecule has 0 aliphatic heterocycles. The van der Waals surface area contributed by atoms with Crippen LogP contribution in [0, 0.1) is 6.92 Å². The van der Waals surface area contributed by atoms with Crippen molar-refractivity contribution in [2.45, 2.75) is 40.3 Å². The fraction of sp³-hybridized carbons (Fsp3) is 0.375. The minimum atomic E-state index is 0.785. The second kappa shape index (κ2) is 5.64. The molecule has 0 N–H and O–H groups in total. The standard InChI is InChI=1S/C16H19BrN4/c1-4-12-16(17)15(21(5-2)19-12)10-20-11(3)18-13-8-6-7-9-14(13)20/h6-9H,4-5,10H2,1-3H3. The van der Waals surface area contributed by atoms with Gasteiger partial charge < -0.3 is 4.57 Å². The van der Waals surface area contributed by atoms with Gasteiger partial charge in [0.1, 0.15) is 5.82 Å². The van der Waals surface area contributed by atoms with E-state index in [1.165, 1.54) is 11.2 Å². The van der Waals surface area contributed by atoms with Crippen molar-refractivity contribution in [3.63, 3.8) is 0 Å².